The number of aromatic nitrogens is 1. The summed E-state index contributed by atoms with van der Waals surface area (Å²) in [6.07, 6.45) is 4.16. The fourth-order valence-electron chi connectivity index (χ4n) is 1.72. The molecular formula is C14H15NO2. The number of benzene rings is 1. The van der Waals surface area contributed by atoms with Gasteiger partial charge in [-0.15, -0.1) is 0 Å². The fourth-order valence-corrected chi connectivity index (χ4v) is 1.72. The van der Waals surface area contributed by atoms with Crippen LogP contribution in [0.5, 0.6) is 5.75 Å². The minimum absolute atomic E-state index is 0.166. The second kappa shape index (κ2) is 5.46. The molecule has 0 atom stereocenters. The Bertz CT molecular complexity index is 497. The molecule has 0 radical (unpaired) electrons. The molecule has 0 saturated carbocycles. The summed E-state index contributed by atoms with van der Waals surface area (Å²) in [7, 11) is 1.63. The number of rotatable bonds is 4. The van der Waals surface area contributed by atoms with Gasteiger partial charge in [-0.25, -0.2) is 0 Å². The van der Waals surface area contributed by atoms with Crippen LogP contribution in [0.25, 0.3) is 11.1 Å². The summed E-state index contributed by atoms with van der Waals surface area (Å²) in [6.45, 7) is 0.166. The Labute approximate surface area is 101 Å². The number of methoxy groups -OCH3 is 1. The number of hydrogen-bond donors (Lipinski definition) is 1. The van der Waals surface area contributed by atoms with Crippen LogP contribution in [-0.4, -0.2) is 23.8 Å². The average molecular weight is 229 g/mol. The van der Waals surface area contributed by atoms with Crippen molar-refractivity contribution in [3.63, 3.8) is 0 Å². The molecule has 0 saturated heterocycles. The monoisotopic (exact) mass is 229 g/mol. The first-order valence-electron chi connectivity index (χ1n) is 5.52. The van der Waals surface area contributed by atoms with Crippen LogP contribution < -0.4 is 4.74 Å². The summed E-state index contributed by atoms with van der Waals surface area (Å²) >= 11 is 0. The van der Waals surface area contributed by atoms with Gasteiger partial charge in [-0.2, -0.15) is 0 Å². The van der Waals surface area contributed by atoms with Gasteiger partial charge >= 0.3 is 0 Å². The van der Waals surface area contributed by atoms with Crippen LogP contribution in [0, 0.1) is 0 Å². The van der Waals surface area contributed by atoms with Crippen molar-refractivity contribution in [1.29, 1.82) is 0 Å². The topological polar surface area (TPSA) is 42.4 Å². The molecule has 0 aliphatic carbocycles. The highest BCUT2D eigenvalue weighted by Gasteiger charge is 2.01. The SMILES string of the molecule is COc1cncc(-c2cccc(CCO)c2)c1. The number of aliphatic hydroxyl groups excluding tert-OH is 1. The molecule has 1 aromatic carbocycles. The normalized spacial score (nSPS) is 10.2. The van der Waals surface area contributed by atoms with E-state index in [1.807, 2.05) is 24.3 Å². The maximum Gasteiger partial charge on any atom is 0.137 e. The molecule has 2 rings (SSSR count). The van der Waals surface area contributed by atoms with E-state index in [2.05, 4.69) is 11.1 Å². The van der Waals surface area contributed by atoms with Crippen molar-refractivity contribution in [2.45, 2.75) is 6.42 Å². The average Bonchev–Trinajstić information content (AvgIpc) is 2.40. The molecule has 88 valence electrons. The molecule has 3 nitrogen and oxygen atoms in total. The van der Waals surface area contributed by atoms with Crippen LogP contribution in [0.1, 0.15) is 5.56 Å². The summed E-state index contributed by atoms with van der Waals surface area (Å²) < 4.78 is 5.15. The number of hydrogen-bond acceptors (Lipinski definition) is 3. The molecule has 0 amide bonds. The lowest BCUT2D eigenvalue weighted by Crippen LogP contribution is -1.91. The molecule has 1 N–H and O–H groups in total. The summed E-state index contributed by atoms with van der Waals surface area (Å²) in [5.74, 6) is 0.745. The van der Waals surface area contributed by atoms with Crippen molar-refractivity contribution in [3.05, 3.63) is 48.3 Å². The van der Waals surface area contributed by atoms with Gasteiger partial charge in [-0.05, 0) is 23.6 Å². The molecule has 17 heavy (non-hydrogen) atoms. The van der Waals surface area contributed by atoms with Gasteiger partial charge in [0.15, 0.2) is 0 Å². The van der Waals surface area contributed by atoms with Gasteiger partial charge in [0.1, 0.15) is 5.75 Å². The van der Waals surface area contributed by atoms with E-state index in [-0.39, 0.29) is 6.61 Å². The predicted molar refractivity (Wildman–Crippen MR) is 67.0 cm³/mol. The number of pyridine rings is 1. The molecule has 1 aromatic heterocycles. The minimum atomic E-state index is 0.166. The van der Waals surface area contributed by atoms with E-state index in [0.717, 1.165) is 22.4 Å². The van der Waals surface area contributed by atoms with Crippen LogP contribution >= 0.6 is 0 Å². The van der Waals surface area contributed by atoms with E-state index >= 15 is 0 Å². The molecular weight excluding hydrogens is 214 g/mol. The first-order chi connectivity index (χ1) is 8.33. The molecule has 0 aliphatic rings. The number of aliphatic hydroxyl groups is 1. The lowest BCUT2D eigenvalue weighted by molar-refractivity contribution is 0.299. The largest absolute Gasteiger partial charge is 0.495 e. The van der Waals surface area contributed by atoms with E-state index in [4.69, 9.17) is 9.84 Å². The third kappa shape index (κ3) is 2.82. The van der Waals surface area contributed by atoms with Gasteiger partial charge in [-0.1, -0.05) is 24.3 Å². The second-order valence-electron chi connectivity index (χ2n) is 3.79. The fraction of sp³-hybridized carbons (Fsp3) is 0.214. The van der Waals surface area contributed by atoms with E-state index in [1.165, 1.54) is 0 Å². The van der Waals surface area contributed by atoms with Crippen LogP contribution in [0.2, 0.25) is 0 Å². The highest BCUT2D eigenvalue weighted by molar-refractivity contribution is 5.64. The standard InChI is InChI=1S/C14H15NO2/c1-17-14-8-13(9-15-10-14)12-4-2-3-11(7-12)5-6-16/h2-4,7-10,16H,5-6H2,1H3. The second-order valence-corrected chi connectivity index (χ2v) is 3.79. The third-order valence-corrected chi connectivity index (χ3v) is 2.61. The van der Waals surface area contributed by atoms with Crippen molar-refractivity contribution in [2.24, 2.45) is 0 Å². The highest BCUT2D eigenvalue weighted by atomic mass is 16.5. The predicted octanol–water partition coefficient (Wildman–Crippen LogP) is 2.29. The van der Waals surface area contributed by atoms with Gasteiger partial charge in [0.05, 0.1) is 13.3 Å². The quantitative estimate of drug-likeness (QED) is 0.874. The van der Waals surface area contributed by atoms with E-state index in [1.54, 1.807) is 19.5 Å². The Morgan fingerprint density at radius 3 is 2.82 bits per heavy atom. The highest BCUT2D eigenvalue weighted by Crippen LogP contribution is 2.23. The Balaban J connectivity index is 2.34. The lowest BCUT2D eigenvalue weighted by Gasteiger charge is -2.06. The number of ether oxygens (including phenoxy) is 1. The maximum absolute atomic E-state index is 8.93. The van der Waals surface area contributed by atoms with Crippen molar-refractivity contribution in [1.82, 2.24) is 4.98 Å². The zero-order valence-corrected chi connectivity index (χ0v) is 9.76. The summed E-state index contributed by atoms with van der Waals surface area (Å²) in [4.78, 5) is 4.13. The zero-order chi connectivity index (χ0) is 12.1. The van der Waals surface area contributed by atoms with Gasteiger partial charge in [0.2, 0.25) is 0 Å². The third-order valence-electron chi connectivity index (χ3n) is 2.61. The van der Waals surface area contributed by atoms with Gasteiger partial charge < -0.3 is 9.84 Å². The Hall–Kier alpha value is -1.87. The van der Waals surface area contributed by atoms with Crippen molar-refractivity contribution < 1.29 is 9.84 Å². The molecule has 0 unspecified atom stereocenters. The van der Waals surface area contributed by atoms with E-state index in [9.17, 15) is 0 Å². The molecule has 0 bridgehead atoms. The first-order valence-corrected chi connectivity index (χ1v) is 5.52. The molecule has 0 fully saturated rings. The van der Waals surface area contributed by atoms with Gasteiger partial charge in [0.25, 0.3) is 0 Å². The molecule has 0 spiro atoms. The summed E-state index contributed by atoms with van der Waals surface area (Å²) in [5.41, 5.74) is 3.22. The molecule has 3 heteroatoms. The Morgan fingerprint density at radius 1 is 1.18 bits per heavy atom. The van der Waals surface area contributed by atoms with Crippen molar-refractivity contribution >= 4 is 0 Å². The van der Waals surface area contributed by atoms with Crippen LogP contribution in [0.15, 0.2) is 42.7 Å². The Kier molecular flexibility index (Phi) is 3.73. The van der Waals surface area contributed by atoms with Crippen LogP contribution in [0.4, 0.5) is 0 Å². The van der Waals surface area contributed by atoms with Crippen molar-refractivity contribution in [3.8, 4) is 16.9 Å². The first kappa shape index (κ1) is 11.6. The lowest BCUT2D eigenvalue weighted by atomic mass is 10.0. The maximum atomic E-state index is 8.93. The molecule has 0 aliphatic heterocycles. The minimum Gasteiger partial charge on any atom is -0.495 e. The van der Waals surface area contributed by atoms with E-state index in [0.29, 0.717) is 6.42 Å². The Morgan fingerprint density at radius 2 is 2.06 bits per heavy atom. The van der Waals surface area contributed by atoms with Gasteiger partial charge in [-0.3, -0.25) is 4.98 Å². The van der Waals surface area contributed by atoms with Crippen molar-refractivity contribution in [2.75, 3.05) is 13.7 Å². The summed E-state index contributed by atoms with van der Waals surface area (Å²) in [6, 6.07) is 10.0. The molecule has 1 heterocycles. The summed E-state index contributed by atoms with van der Waals surface area (Å²) in [5, 5.41) is 8.93. The number of nitrogens with zero attached hydrogens (tertiary/aromatic N) is 1. The van der Waals surface area contributed by atoms with Crippen LogP contribution in [-0.2, 0) is 6.42 Å². The van der Waals surface area contributed by atoms with Gasteiger partial charge in [0, 0.05) is 18.4 Å². The smallest absolute Gasteiger partial charge is 0.137 e. The molecule has 2 aromatic rings. The van der Waals surface area contributed by atoms with Crippen LogP contribution in [0.3, 0.4) is 0 Å². The zero-order valence-electron chi connectivity index (χ0n) is 9.76. The van der Waals surface area contributed by atoms with E-state index < -0.39 is 0 Å².